The van der Waals surface area contributed by atoms with Crippen LogP contribution in [0, 0.1) is 11.6 Å². The molecular weight excluding hydrogens is 730 g/mol. The Balaban J connectivity index is 0.793. The Morgan fingerprint density at radius 2 is 1.57 bits per heavy atom. The highest BCUT2D eigenvalue weighted by molar-refractivity contribution is 7.14. The number of aromatic nitrogens is 1. The minimum Gasteiger partial charge on any atom is -0.480 e. The van der Waals surface area contributed by atoms with Gasteiger partial charge in [0.05, 0.1) is 70.6 Å². The molecule has 1 aromatic heterocycles. The van der Waals surface area contributed by atoms with Gasteiger partial charge in [-0.3, -0.25) is 24.6 Å². The van der Waals surface area contributed by atoms with Crippen molar-refractivity contribution in [1.82, 2.24) is 20.9 Å². The highest BCUT2D eigenvalue weighted by Gasteiger charge is 2.39. The quantitative estimate of drug-likeness (QED) is 0.153. The number of imide groups is 1. The minimum atomic E-state index is -1.19. The first-order valence-corrected chi connectivity index (χ1v) is 18.6. The van der Waals surface area contributed by atoms with E-state index in [1.165, 1.54) is 22.3 Å². The summed E-state index contributed by atoms with van der Waals surface area (Å²) in [6.07, 6.45) is 2.25. The van der Waals surface area contributed by atoms with Crippen LogP contribution in [0.25, 0.3) is 11.3 Å². The SMILES string of the molecule is O=C(COc1c(-c2csc(N3C4CCC3COC4)n2)ccc(F)c1F)NCCOCCOCCOCCNC(=O)c1ccc(N2CCC(=O)NC2=O)cc1. The van der Waals surface area contributed by atoms with E-state index in [9.17, 15) is 28.0 Å². The third-order valence-corrected chi connectivity index (χ3v) is 9.82. The van der Waals surface area contributed by atoms with Gasteiger partial charge < -0.3 is 39.2 Å². The minimum absolute atomic E-state index is 0.175. The highest BCUT2D eigenvalue weighted by Crippen LogP contribution is 2.40. The van der Waals surface area contributed by atoms with Crippen LogP contribution in [-0.4, -0.2) is 120 Å². The van der Waals surface area contributed by atoms with Crippen LogP contribution in [-0.2, 0) is 28.5 Å². The Morgan fingerprint density at radius 3 is 2.26 bits per heavy atom. The molecule has 0 aliphatic carbocycles. The van der Waals surface area contributed by atoms with Crippen LogP contribution in [0.2, 0.25) is 0 Å². The summed E-state index contributed by atoms with van der Waals surface area (Å²) in [4.78, 5) is 56.5. The lowest BCUT2D eigenvalue weighted by atomic mass is 10.1. The number of hydrogen-bond acceptors (Lipinski definition) is 12. The van der Waals surface area contributed by atoms with Crippen LogP contribution >= 0.6 is 11.3 Å². The maximum Gasteiger partial charge on any atom is 0.328 e. The number of carbonyl (C=O) groups excluding carboxylic acids is 4. The number of benzene rings is 2. The molecule has 3 aromatic rings. The molecule has 18 heteroatoms. The van der Waals surface area contributed by atoms with Crippen LogP contribution in [0.4, 0.5) is 24.4 Å². The van der Waals surface area contributed by atoms with Crippen LogP contribution in [0.3, 0.4) is 0 Å². The van der Waals surface area contributed by atoms with E-state index in [-0.39, 0.29) is 81.1 Å². The van der Waals surface area contributed by atoms with Crippen molar-refractivity contribution >= 4 is 45.9 Å². The number of halogens is 2. The summed E-state index contributed by atoms with van der Waals surface area (Å²) in [7, 11) is 0. The maximum absolute atomic E-state index is 14.9. The predicted molar refractivity (Wildman–Crippen MR) is 193 cm³/mol. The van der Waals surface area contributed by atoms with Crippen molar-refractivity contribution in [2.45, 2.75) is 31.3 Å². The molecule has 6 rings (SSSR count). The monoisotopic (exact) mass is 772 g/mol. The second-order valence-electron chi connectivity index (χ2n) is 12.6. The molecule has 4 heterocycles. The molecule has 0 radical (unpaired) electrons. The molecule has 0 spiro atoms. The van der Waals surface area contributed by atoms with Gasteiger partial charge in [0.25, 0.3) is 11.8 Å². The van der Waals surface area contributed by atoms with E-state index >= 15 is 0 Å². The summed E-state index contributed by atoms with van der Waals surface area (Å²) in [5.74, 6) is -3.77. The average Bonchev–Trinajstić information content (AvgIpc) is 3.74. The first kappa shape index (κ1) is 39.0. The molecule has 15 nitrogen and oxygen atoms in total. The zero-order chi connectivity index (χ0) is 37.9. The lowest BCUT2D eigenvalue weighted by Gasteiger charge is -2.34. The zero-order valence-corrected chi connectivity index (χ0v) is 30.3. The standard InChI is InChI=1S/C36H42F2N6O9S/c37-28-8-7-27(29-22-54-36(41-29)44-25-5-6-26(44)20-52-19-25)33(32(28)38)53-21-31(46)39-10-13-49-15-17-51-18-16-50-14-11-40-34(47)23-1-3-24(4-2-23)43-12-9-30(45)42-35(43)48/h1-4,7-8,22,25-26H,5-6,9-21H2,(H,39,46)(H,40,47)(H,42,45,48). The van der Waals surface area contributed by atoms with Gasteiger partial charge in [-0.25, -0.2) is 14.2 Å². The number of hydrogen-bond donors (Lipinski definition) is 3. The molecular formula is C36H42F2N6O9S. The summed E-state index contributed by atoms with van der Waals surface area (Å²) >= 11 is 1.42. The topological polar surface area (TPSA) is 170 Å². The molecule has 3 fully saturated rings. The van der Waals surface area contributed by atoms with Gasteiger partial charge in [0.1, 0.15) is 0 Å². The molecule has 3 aliphatic heterocycles. The van der Waals surface area contributed by atoms with Crippen molar-refractivity contribution < 1.29 is 51.6 Å². The van der Waals surface area contributed by atoms with Crippen molar-refractivity contribution in [3.8, 4) is 17.0 Å². The Kier molecular flexibility index (Phi) is 13.7. The van der Waals surface area contributed by atoms with Crippen molar-refractivity contribution in [3.63, 3.8) is 0 Å². The first-order valence-electron chi connectivity index (χ1n) is 17.7. The second kappa shape index (κ2) is 19.0. The third kappa shape index (κ3) is 10.1. The molecule has 0 saturated carbocycles. The number of ether oxygens (including phenoxy) is 5. The van der Waals surface area contributed by atoms with Gasteiger partial charge in [-0.2, -0.15) is 4.39 Å². The van der Waals surface area contributed by atoms with Gasteiger partial charge in [-0.15, -0.1) is 11.3 Å². The van der Waals surface area contributed by atoms with E-state index in [1.807, 2.05) is 0 Å². The summed E-state index contributed by atoms with van der Waals surface area (Å²) in [5.41, 5.74) is 1.71. The van der Waals surface area contributed by atoms with Gasteiger partial charge >= 0.3 is 6.03 Å². The average molecular weight is 773 g/mol. The summed E-state index contributed by atoms with van der Waals surface area (Å²) < 4.78 is 56.6. The molecule has 3 saturated heterocycles. The third-order valence-electron chi connectivity index (χ3n) is 8.97. The van der Waals surface area contributed by atoms with Crippen LogP contribution in [0.1, 0.15) is 29.6 Å². The van der Waals surface area contributed by atoms with Gasteiger partial charge in [0.2, 0.25) is 11.7 Å². The molecule has 2 atom stereocenters. The fourth-order valence-corrected chi connectivity index (χ4v) is 7.23. The van der Waals surface area contributed by atoms with Crippen molar-refractivity contribution in [2.24, 2.45) is 0 Å². The van der Waals surface area contributed by atoms with Crippen molar-refractivity contribution in [3.05, 3.63) is 59.0 Å². The number of morpholine rings is 1. The molecule has 2 aromatic carbocycles. The van der Waals surface area contributed by atoms with Crippen molar-refractivity contribution in [1.29, 1.82) is 0 Å². The van der Waals surface area contributed by atoms with E-state index in [2.05, 4.69) is 20.9 Å². The molecule has 5 amide bonds. The van der Waals surface area contributed by atoms with Crippen molar-refractivity contribution in [2.75, 3.05) is 88.9 Å². The molecule has 54 heavy (non-hydrogen) atoms. The highest BCUT2D eigenvalue weighted by atomic mass is 32.1. The Labute approximate surface area is 314 Å². The van der Waals surface area contributed by atoms with Crippen LogP contribution in [0.5, 0.6) is 5.75 Å². The number of thiazole rings is 1. The Hall–Kier alpha value is -4.75. The number of nitrogens with zero attached hydrogens (tertiary/aromatic N) is 3. The number of nitrogens with one attached hydrogen (secondary N) is 3. The molecule has 2 unspecified atom stereocenters. The summed E-state index contributed by atoms with van der Waals surface area (Å²) in [6, 6.07) is 8.93. The molecule has 2 bridgehead atoms. The Bertz CT molecular complexity index is 1770. The van der Waals surface area contributed by atoms with E-state index in [0.29, 0.717) is 50.0 Å². The van der Waals surface area contributed by atoms with E-state index in [4.69, 9.17) is 28.7 Å². The van der Waals surface area contributed by atoms with E-state index in [1.54, 1.807) is 29.6 Å². The normalized spacial score (nSPS) is 18.1. The van der Waals surface area contributed by atoms with Gasteiger partial charge in [-0.1, -0.05) is 0 Å². The van der Waals surface area contributed by atoms with E-state index in [0.717, 1.165) is 24.0 Å². The lowest BCUT2D eigenvalue weighted by molar-refractivity contribution is -0.123. The van der Waals surface area contributed by atoms with Gasteiger partial charge in [0.15, 0.2) is 23.3 Å². The number of fused-ring (bicyclic) bond motifs is 2. The number of rotatable bonds is 19. The second-order valence-corrected chi connectivity index (χ2v) is 13.5. The number of anilines is 2. The summed E-state index contributed by atoms with van der Waals surface area (Å²) in [6.45, 7) is 3.18. The van der Waals surface area contributed by atoms with E-state index < -0.39 is 30.2 Å². The number of carbonyl (C=O) groups is 4. The predicted octanol–water partition coefficient (Wildman–Crippen LogP) is 2.88. The molecule has 290 valence electrons. The largest absolute Gasteiger partial charge is 0.480 e. The van der Waals surface area contributed by atoms with Gasteiger partial charge in [-0.05, 0) is 49.2 Å². The maximum atomic E-state index is 14.9. The molecule has 3 aliphatic rings. The van der Waals surface area contributed by atoms with Gasteiger partial charge in [0, 0.05) is 48.2 Å². The first-order chi connectivity index (χ1) is 26.3. The molecule has 3 N–H and O–H groups in total. The van der Waals surface area contributed by atoms with Crippen LogP contribution in [0.15, 0.2) is 41.8 Å². The number of amides is 5. The number of urea groups is 1. The smallest absolute Gasteiger partial charge is 0.328 e. The fourth-order valence-electron chi connectivity index (χ4n) is 6.26. The zero-order valence-electron chi connectivity index (χ0n) is 29.5. The van der Waals surface area contributed by atoms with Crippen LogP contribution < -0.4 is 30.5 Å². The Morgan fingerprint density at radius 1 is 0.907 bits per heavy atom. The fraction of sp³-hybridized carbons (Fsp3) is 0.472. The summed E-state index contributed by atoms with van der Waals surface area (Å²) in [5, 5.41) is 10.2. The lowest BCUT2D eigenvalue weighted by Crippen LogP contribution is -2.49.